The Morgan fingerprint density at radius 3 is 2.26 bits per heavy atom. The molecule has 1 aromatic rings. The van der Waals surface area contributed by atoms with Crippen LogP contribution in [0.25, 0.3) is 0 Å². The largest absolute Gasteiger partial charge is 0.472 e. The molecule has 0 fully saturated rings. The van der Waals surface area contributed by atoms with Gasteiger partial charge in [-0.1, -0.05) is 27.7 Å². The van der Waals surface area contributed by atoms with Gasteiger partial charge in [0, 0.05) is 18.0 Å². The van der Waals surface area contributed by atoms with Gasteiger partial charge in [0.2, 0.25) is 5.88 Å². The SMILES string of the molecule is CCC(C)(C)Oc1cc(CNC)cc(C(C)(C)C)n1. The van der Waals surface area contributed by atoms with Crippen LogP contribution >= 0.6 is 0 Å². The Labute approximate surface area is 117 Å². The number of nitrogens with one attached hydrogen (secondary N) is 1. The van der Waals surface area contributed by atoms with Crippen molar-refractivity contribution in [2.24, 2.45) is 0 Å². The molecule has 0 bridgehead atoms. The molecule has 0 radical (unpaired) electrons. The van der Waals surface area contributed by atoms with E-state index < -0.39 is 0 Å². The van der Waals surface area contributed by atoms with Gasteiger partial charge >= 0.3 is 0 Å². The van der Waals surface area contributed by atoms with Crippen molar-refractivity contribution in [3.05, 3.63) is 23.4 Å². The quantitative estimate of drug-likeness (QED) is 0.881. The van der Waals surface area contributed by atoms with Gasteiger partial charge in [-0.15, -0.1) is 0 Å². The summed E-state index contributed by atoms with van der Waals surface area (Å²) < 4.78 is 6.03. The van der Waals surface area contributed by atoms with Crippen LogP contribution in [0.2, 0.25) is 0 Å². The van der Waals surface area contributed by atoms with E-state index in [1.54, 1.807) is 0 Å². The highest BCUT2D eigenvalue weighted by Gasteiger charge is 2.21. The Balaban J connectivity index is 3.13. The molecule has 108 valence electrons. The van der Waals surface area contributed by atoms with Crippen LogP contribution in [0, 0.1) is 0 Å². The van der Waals surface area contributed by atoms with Crippen LogP contribution in [0.1, 0.15) is 59.2 Å². The molecular formula is C16H28N2O. The van der Waals surface area contributed by atoms with Gasteiger partial charge in [-0.3, -0.25) is 0 Å². The van der Waals surface area contributed by atoms with E-state index in [1.165, 1.54) is 5.56 Å². The second-order valence-corrected chi connectivity index (χ2v) is 6.69. The number of ether oxygens (including phenoxy) is 1. The molecule has 0 amide bonds. The predicted octanol–water partition coefficient (Wildman–Crippen LogP) is 3.67. The molecule has 3 heteroatoms. The summed E-state index contributed by atoms with van der Waals surface area (Å²) in [5.41, 5.74) is 2.13. The summed E-state index contributed by atoms with van der Waals surface area (Å²) in [5, 5.41) is 3.18. The number of nitrogens with zero attached hydrogens (tertiary/aromatic N) is 1. The zero-order chi connectivity index (χ0) is 14.7. The zero-order valence-corrected chi connectivity index (χ0v) is 13.4. The van der Waals surface area contributed by atoms with Gasteiger partial charge in [-0.2, -0.15) is 0 Å². The molecule has 0 aliphatic carbocycles. The van der Waals surface area contributed by atoms with Gasteiger partial charge in [0.15, 0.2) is 0 Å². The second kappa shape index (κ2) is 5.91. The third-order valence-electron chi connectivity index (χ3n) is 3.24. The van der Waals surface area contributed by atoms with Gasteiger partial charge < -0.3 is 10.1 Å². The fourth-order valence-electron chi connectivity index (χ4n) is 1.66. The van der Waals surface area contributed by atoms with Crippen molar-refractivity contribution in [1.29, 1.82) is 0 Å². The molecule has 0 spiro atoms. The highest BCUT2D eigenvalue weighted by Crippen LogP contribution is 2.26. The van der Waals surface area contributed by atoms with Gasteiger partial charge in [-0.05, 0) is 38.9 Å². The maximum absolute atomic E-state index is 6.03. The molecule has 1 heterocycles. The number of rotatable bonds is 5. The van der Waals surface area contributed by atoms with Crippen molar-refractivity contribution in [1.82, 2.24) is 10.3 Å². The molecule has 0 atom stereocenters. The van der Waals surface area contributed by atoms with E-state index in [0.29, 0.717) is 0 Å². The first-order valence-electron chi connectivity index (χ1n) is 7.03. The van der Waals surface area contributed by atoms with Crippen LogP contribution < -0.4 is 10.1 Å². The summed E-state index contributed by atoms with van der Waals surface area (Å²) in [7, 11) is 1.95. The minimum atomic E-state index is -0.180. The van der Waals surface area contributed by atoms with Gasteiger partial charge in [0.05, 0.1) is 5.69 Å². The maximum Gasteiger partial charge on any atom is 0.214 e. The Hall–Kier alpha value is -1.09. The van der Waals surface area contributed by atoms with E-state index in [4.69, 9.17) is 4.74 Å². The van der Waals surface area contributed by atoms with E-state index >= 15 is 0 Å². The number of pyridine rings is 1. The van der Waals surface area contributed by atoms with Gasteiger partial charge in [0.25, 0.3) is 0 Å². The van der Waals surface area contributed by atoms with Crippen LogP contribution in [0.5, 0.6) is 5.88 Å². The first-order chi connectivity index (χ1) is 8.68. The molecule has 1 aromatic heterocycles. The highest BCUT2D eigenvalue weighted by molar-refractivity contribution is 5.29. The lowest BCUT2D eigenvalue weighted by molar-refractivity contribution is 0.0983. The standard InChI is InChI=1S/C16H28N2O/c1-8-16(5,6)19-14-10-12(11-17-7)9-13(18-14)15(2,3)4/h9-10,17H,8,11H2,1-7H3. The van der Waals surface area contributed by atoms with E-state index in [0.717, 1.165) is 24.5 Å². The molecule has 0 aliphatic rings. The van der Waals surface area contributed by atoms with Gasteiger partial charge in [0.1, 0.15) is 5.60 Å². The number of hydrogen-bond donors (Lipinski definition) is 1. The van der Waals surface area contributed by atoms with Crippen molar-refractivity contribution >= 4 is 0 Å². The lowest BCUT2D eigenvalue weighted by atomic mass is 9.91. The van der Waals surface area contributed by atoms with E-state index in [2.05, 4.69) is 57.9 Å². The average Bonchev–Trinajstić information content (AvgIpc) is 2.27. The number of aromatic nitrogens is 1. The van der Waals surface area contributed by atoms with Crippen LogP contribution in [0.4, 0.5) is 0 Å². The Morgan fingerprint density at radius 2 is 1.79 bits per heavy atom. The summed E-state index contributed by atoms with van der Waals surface area (Å²) in [4.78, 5) is 4.67. The maximum atomic E-state index is 6.03. The van der Waals surface area contributed by atoms with Crippen molar-refractivity contribution in [2.45, 2.75) is 65.5 Å². The van der Waals surface area contributed by atoms with E-state index in [1.807, 2.05) is 13.1 Å². The summed E-state index contributed by atoms with van der Waals surface area (Å²) in [6.45, 7) is 13.7. The molecular weight excluding hydrogens is 236 g/mol. The second-order valence-electron chi connectivity index (χ2n) is 6.69. The van der Waals surface area contributed by atoms with Crippen LogP contribution in [0.3, 0.4) is 0 Å². The molecule has 0 unspecified atom stereocenters. The third kappa shape index (κ3) is 4.83. The monoisotopic (exact) mass is 264 g/mol. The average molecular weight is 264 g/mol. The molecule has 0 saturated heterocycles. The van der Waals surface area contributed by atoms with Crippen LogP contribution in [0.15, 0.2) is 12.1 Å². The molecule has 0 aliphatic heterocycles. The minimum Gasteiger partial charge on any atom is -0.472 e. The van der Waals surface area contributed by atoms with Crippen LogP contribution in [-0.4, -0.2) is 17.6 Å². The van der Waals surface area contributed by atoms with Crippen molar-refractivity contribution in [3.8, 4) is 5.88 Å². The molecule has 0 aromatic carbocycles. The highest BCUT2D eigenvalue weighted by atomic mass is 16.5. The zero-order valence-electron chi connectivity index (χ0n) is 13.4. The van der Waals surface area contributed by atoms with E-state index in [-0.39, 0.29) is 11.0 Å². The Kier molecular flexibility index (Phi) is 4.97. The normalized spacial score (nSPS) is 12.6. The lowest BCUT2D eigenvalue weighted by Gasteiger charge is -2.26. The molecule has 3 nitrogen and oxygen atoms in total. The van der Waals surface area contributed by atoms with Gasteiger partial charge in [-0.25, -0.2) is 4.98 Å². The molecule has 0 saturated carbocycles. The third-order valence-corrected chi connectivity index (χ3v) is 3.24. The van der Waals surface area contributed by atoms with Crippen LogP contribution in [-0.2, 0) is 12.0 Å². The first kappa shape index (κ1) is 16.0. The fraction of sp³-hybridized carbons (Fsp3) is 0.688. The summed E-state index contributed by atoms with van der Waals surface area (Å²) in [6.07, 6.45) is 0.954. The predicted molar refractivity (Wildman–Crippen MR) is 80.7 cm³/mol. The summed E-state index contributed by atoms with van der Waals surface area (Å²) in [6, 6.07) is 4.19. The smallest absolute Gasteiger partial charge is 0.214 e. The Morgan fingerprint density at radius 1 is 1.16 bits per heavy atom. The molecule has 1 N–H and O–H groups in total. The van der Waals surface area contributed by atoms with E-state index in [9.17, 15) is 0 Å². The van der Waals surface area contributed by atoms with Crippen molar-refractivity contribution in [3.63, 3.8) is 0 Å². The summed E-state index contributed by atoms with van der Waals surface area (Å²) >= 11 is 0. The fourth-order valence-corrected chi connectivity index (χ4v) is 1.66. The summed E-state index contributed by atoms with van der Waals surface area (Å²) in [5.74, 6) is 0.726. The first-order valence-corrected chi connectivity index (χ1v) is 7.03. The minimum absolute atomic E-state index is 0.0260. The lowest BCUT2D eigenvalue weighted by Crippen LogP contribution is -2.28. The number of hydrogen-bond acceptors (Lipinski definition) is 3. The topological polar surface area (TPSA) is 34.1 Å². The Bertz CT molecular complexity index is 419. The molecule has 1 rings (SSSR count). The van der Waals surface area contributed by atoms with Crippen molar-refractivity contribution in [2.75, 3.05) is 7.05 Å². The molecule has 19 heavy (non-hydrogen) atoms. The van der Waals surface area contributed by atoms with Crippen molar-refractivity contribution < 1.29 is 4.74 Å².